The average Bonchev–Trinajstić information content (AvgIpc) is 3.59. The van der Waals surface area contributed by atoms with E-state index in [1.165, 1.54) is 0 Å². The van der Waals surface area contributed by atoms with E-state index < -0.39 is 29.6 Å². The molecular formula is C32H37N3O4S. The van der Waals surface area contributed by atoms with Crippen molar-refractivity contribution in [3.63, 3.8) is 0 Å². The third-order valence-corrected chi connectivity index (χ3v) is 10.2. The van der Waals surface area contributed by atoms with Crippen LogP contribution in [0.2, 0.25) is 0 Å². The highest BCUT2D eigenvalue weighted by atomic mass is 32.2. The van der Waals surface area contributed by atoms with Gasteiger partial charge in [-0.2, -0.15) is 0 Å². The number of thioether (sulfide) groups is 1. The van der Waals surface area contributed by atoms with Crippen molar-refractivity contribution in [3.05, 3.63) is 72.3 Å². The van der Waals surface area contributed by atoms with Gasteiger partial charge in [-0.05, 0) is 48.3 Å². The third-order valence-electron chi connectivity index (χ3n) is 9.49. The number of amides is 3. The second kappa shape index (κ2) is 10.7. The molecule has 2 saturated heterocycles. The maximum absolute atomic E-state index is 14.2. The van der Waals surface area contributed by atoms with E-state index in [-0.39, 0.29) is 30.3 Å². The number of fused-ring (bicyclic) bond motifs is 1. The Labute approximate surface area is 240 Å². The van der Waals surface area contributed by atoms with E-state index in [0.717, 1.165) is 29.7 Å². The van der Waals surface area contributed by atoms with Gasteiger partial charge in [0.1, 0.15) is 11.6 Å². The Morgan fingerprint density at radius 3 is 2.65 bits per heavy atom. The van der Waals surface area contributed by atoms with Crippen molar-refractivity contribution >= 4 is 35.2 Å². The molecule has 1 spiro atoms. The number of nitrogens with zero attached hydrogens (tertiary/aromatic N) is 1. The van der Waals surface area contributed by atoms with Crippen LogP contribution in [0.25, 0.3) is 0 Å². The minimum atomic E-state index is -1.17. The third kappa shape index (κ3) is 4.55. The van der Waals surface area contributed by atoms with Crippen LogP contribution in [-0.4, -0.2) is 52.7 Å². The van der Waals surface area contributed by atoms with Crippen LogP contribution < -0.4 is 10.6 Å². The SMILES string of the molecule is CSc1cccc(NC(=O)C2[C@@H]3C=CC4(O3)C(C(=O)NC3CCCC(C)C3C)N(Cc3ccccc3)C(=O)[C@H]24)c1. The molecule has 210 valence electrons. The molecule has 1 aliphatic carbocycles. The molecule has 4 aliphatic rings. The molecule has 3 aliphatic heterocycles. The molecule has 6 unspecified atom stereocenters. The van der Waals surface area contributed by atoms with Gasteiger partial charge in [-0.15, -0.1) is 11.8 Å². The highest BCUT2D eigenvalue weighted by Crippen LogP contribution is 2.55. The van der Waals surface area contributed by atoms with Crippen molar-refractivity contribution in [1.29, 1.82) is 0 Å². The van der Waals surface area contributed by atoms with E-state index in [1.807, 2.05) is 73.0 Å². The fourth-order valence-corrected chi connectivity index (χ4v) is 7.65. The summed E-state index contributed by atoms with van der Waals surface area (Å²) in [5, 5.41) is 6.34. The van der Waals surface area contributed by atoms with Crippen molar-refractivity contribution in [1.82, 2.24) is 10.2 Å². The second-order valence-corrected chi connectivity index (χ2v) is 12.6. The largest absolute Gasteiger partial charge is 0.359 e. The molecular weight excluding hydrogens is 522 g/mol. The van der Waals surface area contributed by atoms with Gasteiger partial charge in [0.15, 0.2) is 0 Å². The predicted octanol–water partition coefficient (Wildman–Crippen LogP) is 4.64. The van der Waals surface area contributed by atoms with E-state index in [4.69, 9.17) is 4.74 Å². The lowest BCUT2D eigenvalue weighted by Crippen LogP contribution is -2.57. The van der Waals surface area contributed by atoms with E-state index in [9.17, 15) is 14.4 Å². The lowest BCUT2D eigenvalue weighted by molar-refractivity contribution is -0.142. The number of benzene rings is 2. The topological polar surface area (TPSA) is 87.7 Å². The summed E-state index contributed by atoms with van der Waals surface area (Å²) in [7, 11) is 0. The Kier molecular flexibility index (Phi) is 7.25. The molecule has 1 saturated carbocycles. The van der Waals surface area contributed by atoms with Crippen LogP contribution in [-0.2, 0) is 25.7 Å². The lowest BCUT2D eigenvalue weighted by Gasteiger charge is -2.38. The van der Waals surface area contributed by atoms with Gasteiger partial charge in [0.05, 0.1) is 17.9 Å². The summed E-state index contributed by atoms with van der Waals surface area (Å²) < 4.78 is 6.51. The van der Waals surface area contributed by atoms with Gasteiger partial charge < -0.3 is 20.3 Å². The fraction of sp³-hybridized carbons (Fsp3) is 0.469. The van der Waals surface area contributed by atoms with Crippen molar-refractivity contribution in [2.75, 3.05) is 11.6 Å². The molecule has 2 bridgehead atoms. The molecule has 2 N–H and O–H groups in total. The number of carbonyl (C=O) groups excluding carboxylic acids is 3. The summed E-state index contributed by atoms with van der Waals surface area (Å²) in [5.74, 6) is -1.29. The Bertz CT molecular complexity index is 1330. The van der Waals surface area contributed by atoms with Crippen LogP contribution in [0.5, 0.6) is 0 Å². The molecule has 2 aromatic carbocycles. The van der Waals surface area contributed by atoms with Gasteiger partial charge >= 0.3 is 0 Å². The van der Waals surface area contributed by atoms with E-state index in [2.05, 4.69) is 24.5 Å². The quantitative estimate of drug-likeness (QED) is 0.381. The van der Waals surface area contributed by atoms with Crippen molar-refractivity contribution in [2.24, 2.45) is 23.7 Å². The van der Waals surface area contributed by atoms with Crippen LogP contribution in [0, 0.1) is 23.7 Å². The van der Waals surface area contributed by atoms with Crippen LogP contribution >= 0.6 is 11.8 Å². The second-order valence-electron chi connectivity index (χ2n) is 11.8. The first-order valence-electron chi connectivity index (χ1n) is 14.3. The minimum Gasteiger partial charge on any atom is -0.359 e. The van der Waals surface area contributed by atoms with Gasteiger partial charge in [0.2, 0.25) is 17.7 Å². The Morgan fingerprint density at radius 1 is 1.07 bits per heavy atom. The molecule has 3 fully saturated rings. The van der Waals surface area contributed by atoms with Crippen LogP contribution in [0.3, 0.4) is 0 Å². The summed E-state index contributed by atoms with van der Waals surface area (Å²) in [6.45, 7) is 4.71. The van der Waals surface area contributed by atoms with Crippen molar-refractivity contribution < 1.29 is 19.1 Å². The summed E-state index contributed by atoms with van der Waals surface area (Å²) in [6, 6.07) is 16.5. The normalized spacial score (nSPS) is 34.1. The van der Waals surface area contributed by atoms with Gasteiger partial charge in [-0.1, -0.05) is 75.2 Å². The summed E-state index contributed by atoms with van der Waals surface area (Å²) in [6.07, 6.45) is 8.32. The molecule has 8 atom stereocenters. The first kappa shape index (κ1) is 27.1. The number of hydrogen-bond acceptors (Lipinski definition) is 5. The van der Waals surface area contributed by atoms with E-state index in [0.29, 0.717) is 17.5 Å². The number of anilines is 1. The number of rotatable bonds is 7. The van der Waals surface area contributed by atoms with Crippen LogP contribution in [0.4, 0.5) is 5.69 Å². The molecule has 2 aromatic rings. The molecule has 0 aromatic heterocycles. The molecule has 8 heteroatoms. The van der Waals surface area contributed by atoms with Crippen LogP contribution in [0.15, 0.2) is 71.6 Å². The predicted molar refractivity (Wildman–Crippen MR) is 155 cm³/mol. The highest BCUT2D eigenvalue weighted by molar-refractivity contribution is 7.98. The Morgan fingerprint density at radius 2 is 1.88 bits per heavy atom. The molecule has 7 nitrogen and oxygen atoms in total. The molecule has 3 amide bonds. The zero-order valence-electron chi connectivity index (χ0n) is 23.2. The van der Waals surface area contributed by atoms with Crippen LogP contribution in [0.1, 0.15) is 38.7 Å². The number of likely N-dealkylation sites (tertiary alicyclic amines) is 1. The highest BCUT2D eigenvalue weighted by Gasteiger charge is 2.72. The number of hydrogen-bond donors (Lipinski definition) is 2. The van der Waals surface area contributed by atoms with E-state index >= 15 is 0 Å². The smallest absolute Gasteiger partial charge is 0.246 e. The van der Waals surface area contributed by atoms with Crippen molar-refractivity contribution in [2.45, 2.75) is 68.3 Å². The number of nitrogens with one attached hydrogen (secondary N) is 2. The number of carbonyl (C=O) groups is 3. The first-order chi connectivity index (χ1) is 19.3. The molecule has 6 rings (SSSR count). The van der Waals surface area contributed by atoms with Gasteiger partial charge in [-0.25, -0.2) is 0 Å². The summed E-state index contributed by atoms with van der Waals surface area (Å²) in [4.78, 5) is 44.8. The lowest BCUT2D eigenvalue weighted by atomic mass is 9.73. The maximum atomic E-state index is 14.2. The maximum Gasteiger partial charge on any atom is 0.246 e. The summed E-state index contributed by atoms with van der Waals surface area (Å²) >= 11 is 1.60. The molecule has 3 heterocycles. The Hall–Kier alpha value is -3.10. The fourth-order valence-electron chi connectivity index (χ4n) is 7.19. The monoisotopic (exact) mass is 559 g/mol. The zero-order chi connectivity index (χ0) is 28.0. The van der Waals surface area contributed by atoms with Gasteiger partial charge in [0.25, 0.3) is 0 Å². The van der Waals surface area contributed by atoms with Crippen molar-refractivity contribution in [3.8, 4) is 0 Å². The molecule has 40 heavy (non-hydrogen) atoms. The van der Waals surface area contributed by atoms with E-state index in [1.54, 1.807) is 16.7 Å². The average molecular weight is 560 g/mol. The Balaban J connectivity index is 1.32. The van der Waals surface area contributed by atoms with Gasteiger partial charge in [0, 0.05) is 23.2 Å². The molecule has 0 radical (unpaired) electrons. The number of ether oxygens (including phenoxy) is 1. The minimum absolute atomic E-state index is 0.0470. The zero-order valence-corrected chi connectivity index (χ0v) is 24.0. The summed E-state index contributed by atoms with van der Waals surface area (Å²) in [5.41, 5.74) is 0.435. The van der Waals surface area contributed by atoms with Gasteiger partial charge in [-0.3, -0.25) is 14.4 Å². The standard InChI is InChI=1S/C32H37N3O4S/c1-19-9-7-14-24(20(19)2)34-30(37)28-32-16-15-25(39-32)26(29(36)33-22-12-8-13-23(17-22)40-3)27(32)31(38)35(28)18-21-10-5-4-6-11-21/h4-6,8,10-13,15-17,19-20,24-28H,7,9,14,18H2,1-3H3,(H,33,36)(H,34,37)/t19?,20?,24?,25-,26?,27-,28?,32?/m0/s1. The first-order valence-corrected chi connectivity index (χ1v) is 15.5.